The lowest BCUT2D eigenvalue weighted by molar-refractivity contribution is -0.00330. The molecular formula is C25H30FN7O3S. The number of pyridine rings is 1. The molecule has 10 nitrogen and oxygen atoms in total. The van der Waals surface area contributed by atoms with E-state index in [1.165, 1.54) is 26.2 Å². The number of halogens is 1. The van der Waals surface area contributed by atoms with Gasteiger partial charge in [-0.1, -0.05) is 0 Å². The second-order valence-electron chi connectivity index (χ2n) is 10.1. The summed E-state index contributed by atoms with van der Waals surface area (Å²) in [7, 11) is -0.627. The molecule has 0 atom stereocenters. The van der Waals surface area contributed by atoms with Crippen LogP contribution in [0.25, 0.3) is 10.9 Å². The van der Waals surface area contributed by atoms with E-state index in [4.69, 9.17) is 5.10 Å². The lowest BCUT2D eigenvalue weighted by Crippen LogP contribution is -2.55. The first-order chi connectivity index (χ1) is 17.6. The Bertz CT molecular complexity index is 1490. The first kappa shape index (κ1) is 25.4. The molecule has 1 saturated carbocycles. The van der Waals surface area contributed by atoms with E-state index < -0.39 is 21.7 Å². The van der Waals surface area contributed by atoms with Crippen LogP contribution in [0.1, 0.15) is 32.1 Å². The van der Waals surface area contributed by atoms with Crippen LogP contribution in [0.4, 0.5) is 15.9 Å². The summed E-state index contributed by atoms with van der Waals surface area (Å²) in [4.78, 5) is 17.9. The third-order valence-corrected chi connectivity index (χ3v) is 9.45. The third kappa shape index (κ3) is 4.52. The molecule has 0 bridgehead atoms. The SMILES string of the molecule is CN(C)S(=O)(=O)c1ccc(Nc2nn(C3(CC#N)CCC(N4CC(F)C4)CC3)c3cc[nH]c(=O)c23)cc1. The number of alkyl halides is 1. The standard InChI is InChI=1S/C25H30FN7O3S/c1-31(2)37(35,36)20-5-3-18(4-6-20)29-23-22-21(9-14-28-24(22)34)33(30-23)25(12-13-27)10-7-19(8-11-25)32-15-17(26)16-32/h3-6,9,14,17,19H,7-8,10-12,15-16H2,1-2H3,(H,28,34)(H,29,30). The fraction of sp³-hybridized carbons (Fsp3) is 0.480. The number of H-pyrrole nitrogens is 1. The Labute approximate surface area is 214 Å². The number of likely N-dealkylation sites (tertiary alicyclic amines) is 1. The Morgan fingerprint density at radius 2 is 1.89 bits per heavy atom. The largest absolute Gasteiger partial charge is 0.338 e. The maximum Gasteiger partial charge on any atom is 0.261 e. The second-order valence-corrected chi connectivity index (χ2v) is 12.3. The molecule has 2 N–H and O–H groups in total. The fourth-order valence-corrected chi connectivity index (χ4v) is 6.36. The van der Waals surface area contributed by atoms with Crippen LogP contribution in [0.5, 0.6) is 0 Å². The van der Waals surface area contributed by atoms with Crippen LogP contribution in [0.15, 0.2) is 46.2 Å². The predicted octanol–water partition coefficient (Wildman–Crippen LogP) is 2.92. The second kappa shape index (κ2) is 9.55. The molecule has 2 aromatic heterocycles. The first-order valence-electron chi connectivity index (χ1n) is 12.3. The zero-order chi connectivity index (χ0) is 26.4. The van der Waals surface area contributed by atoms with Gasteiger partial charge in [0.1, 0.15) is 11.6 Å². The Morgan fingerprint density at radius 1 is 1.22 bits per heavy atom. The summed E-state index contributed by atoms with van der Waals surface area (Å²) in [5.41, 5.74) is 0.304. The highest BCUT2D eigenvalue weighted by Crippen LogP contribution is 2.42. The van der Waals surface area contributed by atoms with Crippen molar-refractivity contribution in [1.29, 1.82) is 5.26 Å². The van der Waals surface area contributed by atoms with Crippen molar-refractivity contribution in [2.24, 2.45) is 0 Å². The zero-order valence-electron chi connectivity index (χ0n) is 20.8. The van der Waals surface area contributed by atoms with Crippen molar-refractivity contribution >= 4 is 32.4 Å². The van der Waals surface area contributed by atoms with Gasteiger partial charge in [-0.25, -0.2) is 17.1 Å². The van der Waals surface area contributed by atoms with Gasteiger partial charge in [-0.3, -0.25) is 14.4 Å². The summed E-state index contributed by atoms with van der Waals surface area (Å²) >= 11 is 0. The van der Waals surface area contributed by atoms with E-state index in [2.05, 4.69) is 21.3 Å². The van der Waals surface area contributed by atoms with Gasteiger partial charge in [-0.2, -0.15) is 10.4 Å². The van der Waals surface area contributed by atoms with Gasteiger partial charge in [0.2, 0.25) is 10.0 Å². The van der Waals surface area contributed by atoms with E-state index in [1.54, 1.807) is 24.4 Å². The molecule has 0 spiro atoms. The maximum absolute atomic E-state index is 13.4. The van der Waals surface area contributed by atoms with E-state index in [1.807, 2.05) is 4.68 Å². The summed E-state index contributed by atoms with van der Waals surface area (Å²) < 4.78 is 41.2. The summed E-state index contributed by atoms with van der Waals surface area (Å²) in [6, 6.07) is 10.6. The van der Waals surface area contributed by atoms with E-state index in [0.717, 1.165) is 17.1 Å². The minimum absolute atomic E-state index is 0.155. The quantitative estimate of drug-likeness (QED) is 0.484. The fourth-order valence-electron chi connectivity index (χ4n) is 5.45. The maximum atomic E-state index is 13.4. The number of hydrogen-bond acceptors (Lipinski definition) is 7. The summed E-state index contributed by atoms with van der Waals surface area (Å²) in [5, 5.41) is 18.1. The summed E-state index contributed by atoms with van der Waals surface area (Å²) in [6.07, 6.45) is 4.09. The van der Waals surface area contributed by atoms with E-state index in [9.17, 15) is 22.9 Å². The van der Waals surface area contributed by atoms with Gasteiger partial charge in [0.05, 0.1) is 28.4 Å². The molecule has 0 radical (unpaired) electrons. The first-order valence-corrected chi connectivity index (χ1v) is 13.7. The molecule has 0 amide bonds. The topological polar surface area (TPSA) is 127 Å². The minimum Gasteiger partial charge on any atom is -0.338 e. The van der Waals surface area contributed by atoms with Crippen molar-refractivity contribution in [1.82, 2.24) is 24.0 Å². The van der Waals surface area contributed by atoms with Crippen molar-refractivity contribution in [2.45, 2.75) is 54.8 Å². The number of fused-ring (bicyclic) bond motifs is 1. The Balaban J connectivity index is 1.48. The molecule has 196 valence electrons. The molecule has 3 heterocycles. The van der Waals surface area contributed by atoms with Crippen LogP contribution in [-0.4, -0.2) is 71.8 Å². The van der Waals surface area contributed by atoms with Gasteiger partial charge in [0.25, 0.3) is 5.56 Å². The molecule has 1 aliphatic heterocycles. The number of hydrogen-bond donors (Lipinski definition) is 2. The van der Waals surface area contributed by atoms with Crippen molar-refractivity contribution < 1.29 is 12.8 Å². The van der Waals surface area contributed by atoms with Crippen molar-refractivity contribution in [3.8, 4) is 6.07 Å². The molecule has 37 heavy (non-hydrogen) atoms. The number of aromatic nitrogens is 3. The molecular weight excluding hydrogens is 497 g/mol. The van der Waals surface area contributed by atoms with Gasteiger partial charge in [-0.15, -0.1) is 0 Å². The molecule has 1 aromatic carbocycles. The predicted molar refractivity (Wildman–Crippen MR) is 138 cm³/mol. The minimum atomic E-state index is -3.57. The molecule has 2 fully saturated rings. The van der Waals surface area contributed by atoms with Crippen molar-refractivity contribution in [3.63, 3.8) is 0 Å². The normalized spacial score (nSPS) is 23.2. The number of nitriles is 1. The third-order valence-electron chi connectivity index (χ3n) is 7.62. The average Bonchev–Trinajstić information content (AvgIpc) is 3.23. The zero-order valence-corrected chi connectivity index (χ0v) is 21.6. The van der Waals surface area contributed by atoms with Crippen molar-refractivity contribution in [3.05, 3.63) is 46.9 Å². The monoisotopic (exact) mass is 527 g/mol. The molecule has 1 aliphatic carbocycles. The molecule has 3 aromatic rings. The Kier molecular flexibility index (Phi) is 6.55. The van der Waals surface area contributed by atoms with E-state index in [-0.39, 0.29) is 16.9 Å². The van der Waals surface area contributed by atoms with Crippen LogP contribution < -0.4 is 10.9 Å². The molecule has 12 heteroatoms. The van der Waals surface area contributed by atoms with Crippen molar-refractivity contribution in [2.75, 3.05) is 32.5 Å². The smallest absolute Gasteiger partial charge is 0.261 e. The van der Waals surface area contributed by atoms with Crippen LogP contribution >= 0.6 is 0 Å². The Hall–Kier alpha value is -3.27. The van der Waals surface area contributed by atoms with Crippen LogP contribution in [0, 0.1) is 11.3 Å². The average molecular weight is 528 g/mol. The lowest BCUT2D eigenvalue weighted by Gasteiger charge is -2.47. The number of anilines is 2. The Morgan fingerprint density at radius 3 is 2.49 bits per heavy atom. The van der Waals surface area contributed by atoms with E-state index >= 15 is 0 Å². The molecule has 5 rings (SSSR count). The van der Waals surface area contributed by atoms with Crippen LogP contribution in [0.3, 0.4) is 0 Å². The van der Waals surface area contributed by atoms with Crippen LogP contribution in [0.2, 0.25) is 0 Å². The highest BCUT2D eigenvalue weighted by Gasteiger charge is 2.43. The highest BCUT2D eigenvalue weighted by atomic mass is 32.2. The van der Waals surface area contributed by atoms with Gasteiger partial charge in [0.15, 0.2) is 5.82 Å². The number of rotatable bonds is 7. The van der Waals surface area contributed by atoms with Gasteiger partial charge in [0, 0.05) is 45.1 Å². The van der Waals surface area contributed by atoms with Crippen LogP contribution in [-0.2, 0) is 15.6 Å². The summed E-state index contributed by atoms with van der Waals surface area (Å²) in [6.45, 7) is 0.942. The number of nitrogens with zero attached hydrogens (tertiary/aromatic N) is 5. The highest BCUT2D eigenvalue weighted by molar-refractivity contribution is 7.89. The molecule has 0 unspecified atom stereocenters. The van der Waals surface area contributed by atoms with Gasteiger partial charge >= 0.3 is 0 Å². The molecule has 1 saturated heterocycles. The lowest BCUT2D eigenvalue weighted by atomic mass is 9.76. The number of benzene rings is 1. The number of nitrogens with one attached hydrogen (secondary N) is 2. The number of aromatic amines is 1. The van der Waals surface area contributed by atoms with Gasteiger partial charge in [-0.05, 0) is 56.0 Å². The molecule has 2 aliphatic rings. The van der Waals surface area contributed by atoms with E-state index in [0.29, 0.717) is 54.4 Å². The van der Waals surface area contributed by atoms with Gasteiger partial charge < -0.3 is 10.3 Å². The summed E-state index contributed by atoms with van der Waals surface area (Å²) in [5.74, 6) is 0.336. The number of sulfonamides is 1.